The molecule has 0 bridgehead atoms. The van der Waals surface area contributed by atoms with E-state index in [1.807, 2.05) is 0 Å². The van der Waals surface area contributed by atoms with Crippen molar-refractivity contribution in [2.45, 2.75) is 39.5 Å². The van der Waals surface area contributed by atoms with Crippen LogP contribution < -0.4 is 5.32 Å². The molecule has 6 nitrogen and oxygen atoms in total. The molecule has 3 N–H and O–H groups in total. The Labute approximate surface area is 112 Å². The summed E-state index contributed by atoms with van der Waals surface area (Å²) in [6.07, 6.45) is 4.90. The van der Waals surface area contributed by atoms with Crippen molar-refractivity contribution >= 4 is 11.9 Å². The van der Waals surface area contributed by atoms with Crippen LogP contribution in [0.5, 0.6) is 0 Å². The van der Waals surface area contributed by atoms with E-state index in [-0.39, 0.29) is 12.3 Å². The molecule has 1 rings (SSSR count). The third kappa shape index (κ3) is 4.08. The first kappa shape index (κ1) is 15.2. The lowest BCUT2D eigenvalue weighted by Crippen LogP contribution is -2.37. The summed E-state index contributed by atoms with van der Waals surface area (Å²) in [4.78, 5) is 30.1. The van der Waals surface area contributed by atoms with E-state index in [4.69, 9.17) is 0 Å². The number of rotatable bonds is 8. The summed E-state index contributed by atoms with van der Waals surface area (Å²) in [6, 6.07) is 0. The lowest BCUT2D eigenvalue weighted by atomic mass is 9.79. The first-order chi connectivity index (χ1) is 9.04. The molecule has 0 aliphatic rings. The highest BCUT2D eigenvalue weighted by molar-refractivity contribution is 5.84. The first-order valence-electron chi connectivity index (χ1n) is 6.52. The average molecular weight is 267 g/mol. The zero-order valence-electron chi connectivity index (χ0n) is 11.4. The molecule has 0 saturated carbocycles. The number of carbonyl (C=O) groups is 2. The zero-order chi connectivity index (χ0) is 14.3. The van der Waals surface area contributed by atoms with Gasteiger partial charge in [-0.05, 0) is 12.8 Å². The van der Waals surface area contributed by atoms with Gasteiger partial charge in [0.1, 0.15) is 5.82 Å². The second kappa shape index (κ2) is 6.92. The van der Waals surface area contributed by atoms with Crippen LogP contribution in [0.4, 0.5) is 0 Å². The van der Waals surface area contributed by atoms with Crippen molar-refractivity contribution in [3.63, 3.8) is 0 Å². The van der Waals surface area contributed by atoms with Gasteiger partial charge in [-0.15, -0.1) is 0 Å². The van der Waals surface area contributed by atoms with Crippen molar-refractivity contribution in [2.24, 2.45) is 5.41 Å². The summed E-state index contributed by atoms with van der Waals surface area (Å²) >= 11 is 0. The lowest BCUT2D eigenvalue weighted by Gasteiger charge is -2.25. The van der Waals surface area contributed by atoms with Crippen LogP contribution in [-0.4, -0.2) is 33.5 Å². The van der Waals surface area contributed by atoms with Crippen LogP contribution in [0.25, 0.3) is 0 Å². The van der Waals surface area contributed by atoms with Gasteiger partial charge < -0.3 is 15.4 Å². The maximum Gasteiger partial charge on any atom is 0.310 e. The number of aromatic nitrogens is 2. The summed E-state index contributed by atoms with van der Waals surface area (Å²) in [5.74, 6) is -0.327. The van der Waals surface area contributed by atoms with Crippen LogP contribution in [0.1, 0.15) is 38.9 Å². The number of H-pyrrole nitrogens is 1. The van der Waals surface area contributed by atoms with Crippen LogP contribution in [0.15, 0.2) is 12.4 Å². The number of carbonyl (C=O) groups excluding carboxylic acids is 1. The van der Waals surface area contributed by atoms with Crippen LogP contribution in [0, 0.1) is 5.41 Å². The normalized spacial score (nSPS) is 11.3. The smallest absolute Gasteiger partial charge is 0.310 e. The SMILES string of the molecule is CCC(CC)(CC(=O)NCCc1ncc[nH]1)C(=O)O. The summed E-state index contributed by atoms with van der Waals surface area (Å²) < 4.78 is 0. The van der Waals surface area contributed by atoms with Gasteiger partial charge in [0.15, 0.2) is 0 Å². The number of hydrogen-bond acceptors (Lipinski definition) is 3. The third-order valence-electron chi connectivity index (χ3n) is 3.55. The van der Waals surface area contributed by atoms with Crippen molar-refractivity contribution in [1.29, 1.82) is 0 Å². The maximum absolute atomic E-state index is 11.8. The van der Waals surface area contributed by atoms with E-state index >= 15 is 0 Å². The number of aliphatic carboxylic acids is 1. The minimum absolute atomic E-state index is 0.0213. The predicted molar refractivity (Wildman–Crippen MR) is 70.6 cm³/mol. The Balaban J connectivity index is 2.43. The minimum atomic E-state index is -0.950. The van der Waals surface area contributed by atoms with Crippen molar-refractivity contribution in [2.75, 3.05) is 6.54 Å². The molecule has 0 unspecified atom stereocenters. The fraction of sp³-hybridized carbons (Fsp3) is 0.615. The highest BCUT2D eigenvalue weighted by Crippen LogP contribution is 2.30. The molecule has 19 heavy (non-hydrogen) atoms. The lowest BCUT2D eigenvalue weighted by molar-refractivity contribution is -0.152. The van der Waals surface area contributed by atoms with Gasteiger partial charge in [-0.1, -0.05) is 13.8 Å². The monoisotopic (exact) mass is 267 g/mol. The van der Waals surface area contributed by atoms with Gasteiger partial charge in [-0.25, -0.2) is 4.98 Å². The highest BCUT2D eigenvalue weighted by Gasteiger charge is 2.36. The van der Waals surface area contributed by atoms with E-state index in [9.17, 15) is 14.7 Å². The molecule has 0 fully saturated rings. The Bertz CT molecular complexity index is 411. The molecule has 6 heteroatoms. The van der Waals surface area contributed by atoms with Crippen LogP contribution in [-0.2, 0) is 16.0 Å². The van der Waals surface area contributed by atoms with E-state index < -0.39 is 11.4 Å². The summed E-state index contributed by atoms with van der Waals surface area (Å²) in [5, 5.41) is 12.0. The average Bonchev–Trinajstić information content (AvgIpc) is 2.89. The number of hydrogen-bond donors (Lipinski definition) is 3. The number of amides is 1. The van der Waals surface area contributed by atoms with Crippen LogP contribution >= 0.6 is 0 Å². The Morgan fingerprint density at radius 2 is 2.11 bits per heavy atom. The van der Waals surface area contributed by atoms with Crippen LogP contribution in [0.3, 0.4) is 0 Å². The second-order valence-electron chi connectivity index (χ2n) is 4.61. The Morgan fingerprint density at radius 1 is 1.42 bits per heavy atom. The van der Waals surface area contributed by atoms with Gasteiger partial charge in [-0.3, -0.25) is 9.59 Å². The van der Waals surface area contributed by atoms with Crippen LogP contribution in [0.2, 0.25) is 0 Å². The Kier molecular flexibility index (Phi) is 5.54. The summed E-state index contributed by atoms with van der Waals surface area (Å²) in [5.41, 5.74) is -0.950. The Morgan fingerprint density at radius 3 is 2.58 bits per heavy atom. The zero-order valence-corrected chi connectivity index (χ0v) is 11.4. The summed E-state index contributed by atoms with van der Waals surface area (Å²) in [7, 11) is 0. The van der Waals surface area contributed by atoms with E-state index in [0.29, 0.717) is 25.8 Å². The Hall–Kier alpha value is -1.85. The molecular weight excluding hydrogens is 246 g/mol. The number of aromatic amines is 1. The van der Waals surface area contributed by atoms with Crippen molar-refractivity contribution in [1.82, 2.24) is 15.3 Å². The van der Waals surface area contributed by atoms with E-state index in [0.717, 1.165) is 5.82 Å². The minimum Gasteiger partial charge on any atom is -0.481 e. The van der Waals surface area contributed by atoms with Gasteiger partial charge >= 0.3 is 5.97 Å². The molecule has 0 aliphatic heterocycles. The molecule has 0 spiro atoms. The standard InChI is InChI=1S/C13H21N3O3/c1-3-13(4-2,12(18)19)9-11(17)16-6-5-10-14-7-8-15-10/h7-8H,3-6,9H2,1-2H3,(H,14,15)(H,16,17)(H,18,19). The number of nitrogens with zero attached hydrogens (tertiary/aromatic N) is 1. The molecule has 0 saturated heterocycles. The molecule has 1 aromatic rings. The number of carboxylic acid groups (broad SMARTS) is 1. The van der Waals surface area contributed by atoms with Gasteiger partial charge in [0.25, 0.3) is 0 Å². The first-order valence-corrected chi connectivity index (χ1v) is 6.52. The molecule has 0 aromatic carbocycles. The number of carboxylic acids is 1. The van der Waals surface area contributed by atoms with Crippen molar-refractivity contribution in [3.05, 3.63) is 18.2 Å². The molecule has 0 aliphatic carbocycles. The maximum atomic E-state index is 11.8. The molecular formula is C13H21N3O3. The van der Waals surface area contributed by atoms with E-state index in [2.05, 4.69) is 15.3 Å². The highest BCUT2D eigenvalue weighted by atomic mass is 16.4. The number of nitrogens with one attached hydrogen (secondary N) is 2. The summed E-state index contributed by atoms with van der Waals surface area (Å²) in [6.45, 7) is 4.05. The topological polar surface area (TPSA) is 95.1 Å². The molecule has 106 valence electrons. The van der Waals surface area contributed by atoms with Crippen molar-refractivity contribution in [3.8, 4) is 0 Å². The predicted octanol–water partition coefficient (Wildman–Crippen LogP) is 1.35. The largest absolute Gasteiger partial charge is 0.481 e. The van der Waals surface area contributed by atoms with E-state index in [1.165, 1.54) is 0 Å². The van der Waals surface area contributed by atoms with Gasteiger partial charge in [0.05, 0.1) is 5.41 Å². The van der Waals surface area contributed by atoms with Gasteiger partial charge in [-0.2, -0.15) is 0 Å². The fourth-order valence-corrected chi connectivity index (χ4v) is 2.00. The number of imidazole rings is 1. The fourth-order valence-electron chi connectivity index (χ4n) is 2.00. The second-order valence-corrected chi connectivity index (χ2v) is 4.61. The molecule has 0 atom stereocenters. The van der Waals surface area contributed by atoms with Gasteiger partial charge in [0, 0.05) is 31.8 Å². The molecule has 0 radical (unpaired) electrons. The molecule has 1 aromatic heterocycles. The molecule has 1 heterocycles. The third-order valence-corrected chi connectivity index (χ3v) is 3.55. The molecule has 1 amide bonds. The van der Waals surface area contributed by atoms with Gasteiger partial charge in [0.2, 0.25) is 5.91 Å². The quantitative estimate of drug-likeness (QED) is 0.662. The van der Waals surface area contributed by atoms with E-state index in [1.54, 1.807) is 26.2 Å². The van der Waals surface area contributed by atoms with Crippen molar-refractivity contribution < 1.29 is 14.7 Å².